The number of morpholine rings is 1. The molecule has 0 spiro atoms. The van der Waals surface area contributed by atoms with E-state index in [4.69, 9.17) is 26.4 Å². The van der Waals surface area contributed by atoms with Crippen molar-refractivity contribution in [2.24, 2.45) is 10.1 Å². The lowest BCUT2D eigenvalue weighted by atomic mass is 10.2. The van der Waals surface area contributed by atoms with E-state index in [0.717, 1.165) is 16.1 Å². The Hall–Kier alpha value is -2.60. The van der Waals surface area contributed by atoms with Crippen molar-refractivity contribution in [1.82, 2.24) is 8.98 Å². The fraction of sp³-hybridized carbons (Fsp3) is 0.167. The van der Waals surface area contributed by atoms with Gasteiger partial charge in [-0.3, -0.25) is 0 Å². The third-order valence-electron chi connectivity index (χ3n) is 5.34. The van der Waals surface area contributed by atoms with E-state index < -0.39 is 10.0 Å². The standard InChI is InChI=1S/C24H21ClN4O3S3/c25-19-5-3-18(4-6-19)23-17-34-24(29(23)26-16-21-2-1-15-33-21)27-20-7-9-22(10-8-20)35(30,31)28-11-13-32-14-12-28/h1-10,15-17H,11-14H2. The van der Waals surface area contributed by atoms with Crippen LogP contribution in [0.4, 0.5) is 5.69 Å². The minimum absolute atomic E-state index is 0.245. The smallest absolute Gasteiger partial charge is 0.243 e. The molecule has 1 aliphatic rings. The predicted molar refractivity (Wildman–Crippen MR) is 141 cm³/mol. The molecule has 1 saturated heterocycles. The van der Waals surface area contributed by atoms with Crippen LogP contribution in [0.25, 0.3) is 11.3 Å². The maximum Gasteiger partial charge on any atom is 0.243 e. The molecule has 0 amide bonds. The molecule has 0 bridgehead atoms. The monoisotopic (exact) mass is 544 g/mol. The van der Waals surface area contributed by atoms with Gasteiger partial charge in [-0.25, -0.2) is 18.1 Å². The van der Waals surface area contributed by atoms with Crippen LogP contribution in [0, 0.1) is 0 Å². The fourth-order valence-electron chi connectivity index (χ4n) is 3.53. The molecule has 2 aromatic heterocycles. The number of benzene rings is 2. The molecule has 0 atom stereocenters. The number of aromatic nitrogens is 1. The summed E-state index contributed by atoms with van der Waals surface area (Å²) in [5, 5.41) is 9.34. The second-order valence-electron chi connectivity index (χ2n) is 7.60. The number of ether oxygens (including phenoxy) is 1. The highest BCUT2D eigenvalue weighted by Crippen LogP contribution is 2.24. The van der Waals surface area contributed by atoms with E-state index in [1.165, 1.54) is 15.6 Å². The van der Waals surface area contributed by atoms with Crippen molar-refractivity contribution >= 4 is 56.2 Å². The van der Waals surface area contributed by atoms with Gasteiger partial charge in [0.05, 0.1) is 35.7 Å². The molecule has 5 rings (SSSR count). The second kappa shape index (κ2) is 10.6. The summed E-state index contributed by atoms with van der Waals surface area (Å²) in [7, 11) is -3.55. The SMILES string of the molecule is O=S(=O)(c1ccc(N=c2scc(-c3ccc(Cl)cc3)n2N=Cc2cccs2)cc1)N1CCOCC1. The highest BCUT2D eigenvalue weighted by molar-refractivity contribution is 7.89. The van der Waals surface area contributed by atoms with Gasteiger partial charge in [-0.15, -0.1) is 22.7 Å². The van der Waals surface area contributed by atoms with E-state index in [2.05, 4.69) is 0 Å². The number of sulfonamides is 1. The number of thiazole rings is 1. The van der Waals surface area contributed by atoms with Crippen LogP contribution in [0.15, 0.2) is 86.4 Å². The second-order valence-corrected chi connectivity index (χ2v) is 11.8. The van der Waals surface area contributed by atoms with Gasteiger partial charge in [0.2, 0.25) is 14.8 Å². The van der Waals surface area contributed by atoms with Gasteiger partial charge in [0.15, 0.2) is 0 Å². The van der Waals surface area contributed by atoms with Crippen molar-refractivity contribution in [3.05, 3.63) is 86.1 Å². The van der Waals surface area contributed by atoms with Crippen LogP contribution in [0.3, 0.4) is 0 Å². The number of nitrogens with zero attached hydrogens (tertiary/aromatic N) is 4. The Morgan fingerprint density at radius 1 is 0.971 bits per heavy atom. The predicted octanol–water partition coefficient (Wildman–Crippen LogP) is 5.07. The maximum absolute atomic E-state index is 12.9. The fourth-order valence-corrected chi connectivity index (χ4v) is 6.50. The quantitative estimate of drug-likeness (QED) is 0.318. The summed E-state index contributed by atoms with van der Waals surface area (Å²) in [5.41, 5.74) is 2.47. The molecule has 0 aliphatic carbocycles. The van der Waals surface area contributed by atoms with Crippen LogP contribution in [0.2, 0.25) is 5.02 Å². The van der Waals surface area contributed by atoms with Gasteiger partial charge in [-0.05, 0) is 47.8 Å². The Labute approximate surface area is 216 Å². The highest BCUT2D eigenvalue weighted by atomic mass is 35.5. The molecule has 180 valence electrons. The van der Waals surface area contributed by atoms with Gasteiger partial charge >= 0.3 is 0 Å². The third-order valence-corrected chi connectivity index (χ3v) is 9.13. The molecule has 35 heavy (non-hydrogen) atoms. The minimum Gasteiger partial charge on any atom is -0.379 e. The molecule has 0 unspecified atom stereocenters. The first-order chi connectivity index (χ1) is 17.0. The normalized spacial score (nSPS) is 15.7. The topological polar surface area (TPSA) is 76.3 Å². The van der Waals surface area contributed by atoms with E-state index in [9.17, 15) is 8.42 Å². The zero-order valence-corrected chi connectivity index (χ0v) is 21.7. The summed E-state index contributed by atoms with van der Waals surface area (Å²) in [6.45, 7) is 1.54. The van der Waals surface area contributed by atoms with Gasteiger partial charge in [0.1, 0.15) is 0 Å². The summed E-state index contributed by atoms with van der Waals surface area (Å²) in [5.74, 6) is 0. The molecule has 7 nitrogen and oxygen atoms in total. The van der Waals surface area contributed by atoms with Crippen LogP contribution in [0.1, 0.15) is 4.88 Å². The summed E-state index contributed by atoms with van der Waals surface area (Å²) >= 11 is 9.12. The van der Waals surface area contributed by atoms with Gasteiger partial charge in [0, 0.05) is 33.9 Å². The summed E-state index contributed by atoms with van der Waals surface area (Å²) < 4.78 is 34.3. The van der Waals surface area contributed by atoms with Gasteiger partial charge in [-0.1, -0.05) is 29.8 Å². The lowest BCUT2D eigenvalue weighted by molar-refractivity contribution is 0.0730. The summed E-state index contributed by atoms with van der Waals surface area (Å²) in [4.78, 5) is 6.68. The average molecular weight is 545 g/mol. The lowest BCUT2D eigenvalue weighted by Crippen LogP contribution is -2.40. The maximum atomic E-state index is 12.9. The molecule has 1 fully saturated rings. The van der Waals surface area contributed by atoms with Gasteiger partial charge in [-0.2, -0.15) is 9.41 Å². The molecule has 0 N–H and O–H groups in total. The molecule has 2 aromatic carbocycles. The van der Waals surface area contributed by atoms with Gasteiger partial charge in [0.25, 0.3) is 0 Å². The number of rotatable bonds is 6. The molecular formula is C24H21ClN4O3S3. The number of halogens is 1. The van der Waals surface area contributed by atoms with E-state index in [0.29, 0.717) is 41.8 Å². The van der Waals surface area contributed by atoms with Crippen LogP contribution in [-0.4, -0.2) is 49.9 Å². The Morgan fingerprint density at radius 2 is 1.71 bits per heavy atom. The summed E-state index contributed by atoms with van der Waals surface area (Å²) in [6.07, 6.45) is 1.80. The van der Waals surface area contributed by atoms with Crippen molar-refractivity contribution in [2.45, 2.75) is 4.90 Å². The third kappa shape index (κ3) is 5.48. The molecule has 1 aliphatic heterocycles. The largest absolute Gasteiger partial charge is 0.379 e. The van der Waals surface area contributed by atoms with Gasteiger partial charge < -0.3 is 4.74 Å². The van der Waals surface area contributed by atoms with E-state index >= 15 is 0 Å². The number of hydrogen-bond acceptors (Lipinski definition) is 7. The molecular weight excluding hydrogens is 524 g/mol. The van der Waals surface area contributed by atoms with Crippen molar-refractivity contribution in [3.8, 4) is 11.3 Å². The van der Waals surface area contributed by atoms with E-state index in [1.54, 1.807) is 46.5 Å². The Bertz CT molecular complexity index is 1480. The zero-order chi connectivity index (χ0) is 24.3. The minimum atomic E-state index is -3.55. The molecule has 0 saturated carbocycles. The van der Waals surface area contributed by atoms with E-state index in [1.807, 2.05) is 47.2 Å². The first-order valence-corrected chi connectivity index (χ1v) is 14.4. The van der Waals surface area contributed by atoms with Crippen LogP contribution < -0.4 is 4.80 Å². The average Bonchev–Trinajstić information content (AvgIpc) is 3.54. The number of hydrogen-bond donors (Lipinski definition) is 0. The first-order valence-electron chi connectivity index (χ1n) is 10.8. The lowest BCUT2D eigenvalue weighted by Gasteiger charge is -2.26. The Kier molecular flexibility index (Phi) is 7.28. The Morgan fingerprint density at radius 3 is 2.40 bits per heavy atom. The highest BCUT2D eigenvalue weighted by Gasteiger charge is 2.26. The molecule has 4 aromatic rings. The molecule has 3 heterocycles. The van der Waals surface area contributed by atoms with Crippen molar-refractivity contribution in [1.29, 1.82) is 0 Å². The van der Waals surface area contributed by atoms with Crippen molar-refractivity contribution in [2.75, 3.05) is 26.3 Å². The van der Waals surface area contributed by atoms with Crippen LogP contribution >= 0.6 is 34.3 Å². The molecule has 11 heteroatoms. The Balaban J connectivity index is 1.50. The zero-order valence-electron chi connectivity index (χ0n) is 18.5. The van der Waals surface area contributed by atoms with Crippen LogP contribution in [-0.2, 0) is 14.8 Å². The summed E-state index contributed by atoms with van der Waals surface area (Å²) in [6, 6.07) is 18.1. The van der Waals surface area contributed by atoms with E-state index in [-0.39, 0.29) is 4.90 Å². The number of thiophene rings is 1. The van der Waals surface area contributed by atoms with Crippen molar-refractivity contribution in [3.63, 3.8) is 0 Å². The molecule has 0 radical (unpaired) electrons. The first kappa shape index (κ1) is 24.1. The van der Waals surface area contributed by atoms with Crippen molar-refractivity contribution < 1.29 is 13.2 Å². The van der Waals surface area contributed by atoms with Crippen LogP contribution in [0.5, 0.6) is 0 Å².